The van der Waals surface area contributed by atoms with Crippen LogP contribution in [0.1, 0.15) is 38.2 Å². The summed E-state index contributed by atoms with van der Waals surface area (Å²) in [7, 11) is 0. The van der Waals surface area contributed by atoms with Crippen molar-refractivity contribution in [3.63, 3.8) is 0 Å². The summed E-state index contributed by atoms with van der Waals surface area (Å²) in [5, 5.41) is 0. The summed E-state index contributed by atoms with van der Waals surface area (Å²) in [6.45, 7) is 4.15. The van der Waals surface area contributed by atoms with Crippen molar-refractivity contribution < 1.29 is 17.9 Å². The van der Waals surface area contributed by atoms with E-state index in [1.54, 1.807) is 0 Å². The Morgan fingerprint density at radius 1 is 1.29 bits per heavy atom. The number of likely N-dealkylation sites (tertiary alicyclic amines) is 1. The molecule has 0 spiro atoms. The molecule has 1 fully saturated rings. The minimum Gasteiger partial charge on any atom is -0.489 e. The molecule has 0 saturated carbocycles. The molecule has 0 aromatic heterocycles. The van der Waals surface area contributed by atoms with Crippen LogP contribution in [-0.2, 0) is 0 Å². The Morgan fingerprint density at radius 3 is 2.67 bits per heavy atom. The Hall–Kier alpha value is -1.23. The molecular weight excluding hydrogens is 279 g/mol. The van der Waals surface area contributed by atoms with Gasteiger partial charge in [0.15, 0.2) is 0 Å². The van der Waals surface area contributed by atoms with Crippen molar-refractivity contribution in [2.24, 2.45) is 0 Å². The first-order chi connectivity index (χ1) is 9.85. The largest absolute Gasteiger partial charge is 0.489 e. The molecule has 0 aliphatic carbocycles. The number of hydrogen-bond donors (Lipinski definition) is 0. The maximum atomic E-state index is 12.5. The lowest BCUT2D eigenvalue weighted by molar-refractivity contribution is -0.150. The Kier molecular flexibility index (Phi) is 5.14. The fourth-order valence-electron chi connectivity index (χ4n) is 2.75. The van der Waals surface area contributed by atoms with Crippen molar-refractivity contribution in [1.29, 1.82) is 0 Å². The summed E-state index contributed by atoms with van der Waals surface area (Å²) in [6.07, 6.45) is -2.76. The number of nitrogens with zero attached hydrogens (tertiary/aromatic N) is 1. The van der Waals surface area contributed by atoms with Gasteiger partial charge in [-0.05, 0) is 36.9 Å². The first-order valence-electron chi connectivity index (χ1n) is 7.40. The van der Waals surface area contributed by atoms with Crippen LogP contribution in [0.3, 0.4) is 0 Å². The van der Waals surface area contributed by atoms with Crippen molar-refractivity contribution in [1.82, 2.24) is 4.90 Å². The van der Waals surface area contributed by atoms with Crippen molar-refractivity contribution in [3.05, 3.63) is 29.8 Å². The van der Waals surface area contributed by atoms with Gasteiger partial charge in [0.1, 0.15) is 11.9 Å². The average Bonchev–Trinajstić information content (AvgIpc) is 2.37. The Bertz CT molecular complexity index is 459. The minimum absolute atomic E-state index is 0.166. The van der Waals surface area contributed by atoms with E-state index in [2.05, 4.69) is 13.8 Å². The summed E-state index contributed by atoms with van der Waals surface area (Å²) in [5.41, 5.74) is 1.10. The Balaban J connectivity index is 2.00. The summed E-state index contributed by atoms with van der Waals surface area (Å²) in [6, 6.07) is 7.77. The third-order valence-electron chi connectivity index (χ3n) is 3.70. The molecule has 0 radical (unpaired) electrons. The van der Waals surface area contributed by atoms with Gasteiger partial charge >= 0.3 is 6.18 Å². The minimum atomic E-state index is -4.14. The molecule has 2 rings (SSSR count). The van der Waals surface area contributed by atoms with Gasteiger partial charge in [-0.15, -0.1) is 0 Å². The topological polar surface area (TPSA) is 12.5 Å². The Labute approximate surface area is 123 Å². The van der Waals surface area contributed by atoms with Gasteiger partial charge in [-0.2, -0.15) is 13.2 Å². The molecule has 21 heavy (non-hydrogen) atoms. The van der Waals surface area contributed by atoms with E-state index in [1.807, 2.05) is 24.3 Å². The third-order valence-corrected chi connectivity index (χ3v) is 3.70. The van der Waals surface area contributed by atoms with Crippen molar-refractivity contribution >= 4 is 0 Å². The van der Waals surface area contributed by atoms with Crippen LogP contribution in [0.4, 0.5) is 13.2 Å². The van der Waals surface area contributed by atoms with Crippen LogP contribution in [0.5, 0.6) is 5.75 Å². The highest BCUT2D eigenvalue weighted by molar-refractivity contribution is 5.35. The van der Waals surface area contributed by atoms with Crippen LogP contribution >= 0.6 is 0 Å². The van der Waals surface area contributed by atoms with Gasteiger partial charge in [0.05, 0.1) is 6.54 Å². The molecule has 0 bridgehead atoms. The van der Waals surface area contributed by atoms with Crippen LogP contribution in [-0.4, -0.2) is 36.8 Å². The summed E-state index contributed by atoms with van der Waals surface area (Å²) >= 11 is 0. The van der Waals surface area contributed by atoms with E-state index in [0.717, 1.165) is 24.2 Å². The fraction of sp³-hybridized carbons (Fsp3) is 0.625. The monoisotopic (exact) mass is 301 g/mol. The molecule has 5 heteroatoms. The highest BCUT2D eigenvalue weighted by Crippen LogP contribution is 2.29. The van der Waals surface area contributed by atoms with E-state index in [-0.39, 0.29) is 6.10 Å². The maximum Gasteiger partial charge on any atom is 0.401 e. The van der Waals surface area contributed by atoms with E-state index < -0.39 is 12.7 Å². The second-order valence-corrected chi connectivity index (χ2v) is 5.92. The predicted octanol–water partition coefficient (Wildman–Crippen LogP) is 4.22. The van der Waals surface area contributed by atoms with Gasteiger partial charge in [-0.25, -0.2) is 0 Å². The smallest absolute Gasteiger partial charge is 0.401 e. The number of para-hydroxylation sites is 1. The number of alkyl halides is 3. The standard InChI is InChI=1S/C16H22F3NO/c1-12(2)14-7-3-4-8-15(14)21-13-6-5-9-20(10-13)11-16(17,18)19/h3-4,7-8,12-13H,5-6,9-11H2,1-2H3. The van der Waals surface area contributed by atoms with E-state index in [9.17, 15) is 13.2 Å². The summed E-state index contributed by atoms with van der Waals surface area (Å²) in [5.74, 6) is 1.13. The lowest BCUT2D eigenvalue weighted by atomic mass is 10.0. The molecule has 1 unspecified atom stereocenters. The number of hydrogen-bond acceptors (Lipinski definition) is 2. The molecule has 0 N–H and O–H groups in total. The highest BCUT2D eigenvalue weighted by atomic mass is 19.4. The van der Waals surface area contributed by atoms with Gasteiger partial charge in [-0.3, -0.25) is 4.90 Å². The maximum absolute atomic E-state index is 12.5. The van der Waals surface area contributed by atoms with Crippen LogP contribution in [0.25, 0.3) is 0 Å². The summed E-state index contributed by atoms with van der Waals surface area (Å²) in [4.78, 5) is 1.44. The van der Waals surface area contributed by atoms with E-state index in [4.69, 9.17) is 4.74 Å². The predicted molar refractivity (Wildman–Crippen MR) is 76.7 cm³/mol. The zero-order chi connectivity index (χ0) is 15.5. The van der Waals surface area contributed by atoms with Gasteiger partial charge in [0.2, 0.25) is 0 Å². The summed E-state index contributed by atoms with van der Waals surface area (Å²) < 4.78 is 43.4. The number of benzene rings is 1. The van der Waals surface area contributed by atoms with E-state index in [0.29, 0.717) is 19.0 Å². The van der Waals surface area contributed by atoms with Gasteiger partial charge in [0, 0.05) is 6.54 Å². The van der Waals surface area contributed by atoms with Crippen molar-refractivity contribution in [2.45, 2.75) is 44.9 Å². The third kappa shape index (κ3) is 4.92. The van der Waals surface area contributed by atoms with Gasteiger partial charge in [-0.1, -0.05) is 32.0 Å². The first-order valence-corrected chi connectivity index (χ1v) is 7.40. The van der Waals surface area contributed by atoms with Crippen molar-refractivity contribution in [3.8, 4) is 5.75 Å². The van der Waals surface area contributed by atoms with Crippen LogP contribution in [0, 0.1) is 0 Å². The van der Waals surface area contributed by atoms with E-state index in [1.165, 1.54) is 4.90 Å². The van der Waals surface area contributed by atoms with Crippen LogP contribution < -0.4 is 4.74 Å². The first kappa shape index (κ1) is 16.1. The zero-order valence-corrected chi connectivity index (χ0v) is 12.5. The molecule has 1 heterocycles. The molecule has 1 aliphatic rings. The van der Waals surface area contributed by atoms with Gasteiger partial charge < -0.3 is 4.74 Å². The SMILES string of the molecule is CC(C)c1ccccc1OC1CCCN(CC(F)(F)F)C1. The Morgan fingerprint density at radius 2 is 2.00 bits per heavy atom. The highest BCUT2D eigenvalue weighted by Gasteiger charge is 2.33. The number of rotatable bonds is 4. The molecular formula is C16H22F3NO. The van der Waals surface area contributed by atoms with Gasteiger partial charge in [0.25, 0.3) is 0 Å². The normalized spacial score (nSPS) is 20.8. The van der Waals surface area contributed by atoms with Crippen LogP contribution in [0.2, 0.25) is 0 Å². The molecule has 0 amide bonds. The molecule has 1 aromatic rings. The van der Waals surface area contributed by atoms with Crippen molar-refractivity contribution in [2.75, 3.05) is 19.6 Å². The number of ether oxygens (including phenoxy) is 1. The van der Waals surface area contributed by atoms with Crippen LogP contribution in [0.15, 0.2) is 24.3 Å². The second kappa shape index (κ2) is 6.69. The van der Waals surface area contributed by atoms with E-state index >= 15 is 0 Å². The quantitative estimate of drug-likeness (QED) is 0.826. The molecule has 2 nitrogen and oxygen atoms in total. The molecule has 1 saturated heterocycles. The molecule has 118 valence electrons. The molecule has 1 aliphatic heterocycles. The number of piperidine rings is 1. The lowest BCUT2D eigenvalue weighted by Crippen LogP contribution is -2.45. The average molecular weight is 301 g/mol. The lowest BCUT2D eigenvalue weighted by Gasteiger charge is -2.33. The second-order valence-electron chi connectivity index (χ2n) is 5.92. The number of halogens is 3. The fourth-order valence-corrected chi connectivity index (χ4v) is 2.75. The zero-order valence-electron chi connectivity index (χ0n) is 12.5. The molecule has 1 aromatic carbocycles. The molecule has 1 atom stereocenters.